The van der Waals surface area contributed by atoms with Crippen molar-refractivity contribution >= 4 is 17.7 Å². The molecule has 0 amide bonds. The second kappa shape index (κ2) is 5.47. The first-order valence-electron chi connectivity index (χ1n) is 4.33. The van der Waals surface area contributed by atoms with Crippen molar-refractivity contribution in [1.29, 1.82) is 0 Å². The van der Waals surface area contributed by atoms with Crippen LogP contribution in [0.2, 0.25) is 0 Å². The first-order valence-corrected chi connectivity index (χ1v) is 5.38. The van der Waals surface area contributed by atoms with Crippen LogP contribution in [-0.2, 0) is 19.0 Å². The van der Waals surface area contributed by atoms with Gasteiger partial charge in [-0.2, -0.15) is 0 Å². The predicted octanol–water partition coefficient (Wildman–Crippen LogP) is 1.00. The molecule has 5 heteroatoms. The normalized spacial score (nSPS) is 27.5. The Balaban J connectivity index is 2.27. The van der Waals surface area contributed by atoms with Crippen molar-refractivity contribution in [2.24, 2.45) is 0 Å². The fourth-order valence-corrected chi connectivity index (χ4v) is 1.90. The molecule has 0 saturated carbocycles. The van der Waals surface area contributed by atoms with Gasteiger partial charge in [0.1, 0.15) is 0 Å². The average Bonchev–Trinajstić information content (AvgIpc) is 2.54. The minimum Gasteiger partial charge on any atom is -0.463 e. The molecule has 1 rings (SSSR count). The Labute approximate surface area is 81.9 Å². The van der Waals surface area contributed by atoms with E-state index in [1.165, 1.54) is 11.8 Å². The van der Waals surface area contributed by atoms with Crippen molar-refractivity contribution in [2.75, 3.05) is 19.0 Å². The molecule has 13 heavy (non-hydrogen) atoms. The largest absolute Gasteiger partial charge is 0.463 e. The Hall–Kier alpha value is -0.260. The van der Waals surface area contributed by atoms with Gasteiger partial charge in [0.2, 0.25) is 5.44 Å². The number of carbonyl (C=O) groups excluding carboxylic acids is 1. The molecule has 0 aromatic heterocycles. The summed E-state index contributed by atoms with van der Waals surface area (Å²) in [6.45, 7) is 4.66. The van der Waals surface area contributed by atoms with E-state index < -0.39 is 5.44 Å². The first-order chi connectivity index (χ1) is 6.27. The summed E-state index contributed by atoms with van der Waals surface area (Å²) in [6.07, 6.45) is -0.260. The highest BCUT2D eigenvalue weighted by atomic mass is 32.2. The van der Waals surface area contributed by atoms with Crippen LogP contribution in [0, 0.1) is 0 Å². The Bertz CT molecular complexity index is 174. The topological polar surface area (TPSA) is 44.8 Å². The van der Waals surface area contributed by atoms with E-state index in [9.17, 15) is 4.79 Å². The van der Waals surface area contributed by atoms with Crippen molar-refractivity contribution in [3.8, 4) is 0 Å². The molecule has 0 bridgehead atoms. The Morgan fingerprint density at radius 3 is 2.92 bits per heavy atom. The summed E-state index contributed by atoms with van der Waals surface area (Å²) in [5.74, 6) is 0.381. The lowest BCUT2D eigenvalue weighted by Gasteiger charge is -2.10. The van der Waals surface area contributed by atoms with Crippen LogP contribution >= 0.6 is 11.8 Å². The lowest BCUT2D eigenvalue weighted by atomic mass is 10.6. The van der Waals surface area contributed by atoms with Crippen LogP contribution in [0.15, 0.2) is 0 Å². The van der Waals surface area contributed by atoms with Gasteiger partial charge < -0.3 is 14.2 Å². The van der Waals surface area contributed by atoms with Gasteiger partial charge in [-0.15, -0.1) is 11.8 Å². The van der Waals surface area contributed by atoms with Gasteiger partial charge in [0.05, 0.1) is 6.61 Å². The van der Waals surface area contributed by atoms with Crippen LogP contribution in [-0.4, -0.2) is 36.7 Å². The van der Waals surface area contributed by atoms with Crippen LogP contribution in [0.3, 0.4) is 0 Å². The van der Waals surface area contributed by atoms with Crippen LogP contribution in [0.25, 0.3) is 0 Å². The minimum atomic E-state index is -0.503. The summed E-state index contributed by atoms with van der Waals surface area (Å²) in [5.41, 5.74) is -0.503. The first kappa shape index (κ1) is 10.8. The van der Waals surface area contributed by atoms with E-state index in [0.29, 0.717) is 19.0 Å². The Morgan fingerprint density at radius 1 is 1.54 bits per heavy atom. The van der Waals surface area contributed by atoms with E-state index in [1.54, 1.807) is 6.92 Å². The molecule has 2 atom stereocenters. The number of carbonyl (C=O) groups is 1. The molecule has 0 aliphatic carbocycles. The highest BCUT2D eigenvalue weighted by Gasteiger charge is 2.32. The number of esters is 1. The van der Waals surface area contributed by atoms with Gasteiger partial charge in [-0.25, -0.2) is 4.79 Å². The second-order valence-corrected chi connectivity index (χ2v) is 3.53. The predicted molar refractivity (Wildman–Crippen MR) is 49.4 cm³/mol. The molecule has 0 aromatic carbocycles. The van der Waals surface area contributed by atoms with Crippen molar-refractivity contribution in [1.82, 2.24) is 0 Å². The molecule has 1 aliphatic heterocycles. The number of rotatable bonds is 4. The molecule has 0 N–H and O–H groups in total. The van der Waals surface area contributed by atoms with E-state index >= 15 is 0 Å². The molecular weight excluding hydrogens is 192 g/mol. The summed E-state index contributed by atoms with van der Waals surface area (Å²) in [4.78, 5) is 11.2. The van der Waals surface area contributed by atoms with Crippen molar-refractivity contribution in [3.05, 3.63) is 0 Å². The van der Waals surface area contributed by atoms with Crippen LogP contribution < -0.4 is 0 Å². The van der Waals surface area contributed by atoms with E-state index in [1.807, 2.05) is 6.92 Å². The van der Waals surface area contributed by atoms with Gasteiger partial charge in [-0.3, -0.25) is 0 Å². The molecule has 0 aromatic rings. The third-order valence-corrected chi connectivity index (χ3v) is 2.56. The minimum absolute atomic E-state index is 0.260. The molecule has 1 saturated heterocycles. The number of ether oxygens (including phenoxy) is 3. The summed E-state index contributed by atoms with van der Waals surface area (Å²) in [7, 11) is 0. The third kappa shape index (κ3) is 3.17. The lowest BCUT2D eigenvalue weighted by Crippen LogP contribution is -2.23. The maximum atomic E-state index is 11.2. The summed E-state index contributed by atoms with van der Waals surface area (Å²) >= 11 is 1.42. The molecule has 1 aliphatic rings. The molecule has 0 radical (unpaired) electrons. The van der Waals surface area contributed by atoms with E-state index in [0.717, 1.165) is 0 Å². The van der Waals surface area contributed by atoms with Gasteiger partial charge in [0.25, 0.3) is 0 Å². The molecule has 1 heterocycles. The van der Waals surface area contributed by atoms with Crippen molar-refractivity contribution in [3.63, 3.8) is 0 Å². The Kier molecular flexibility index (Phi) is 4.55. The zero-order valence-corrected chi connectivity index (χ0v) is 8.63. The van der Waals surface area contributed by atoms with E-state index in [4.69, 9.17) is 14.2 Å². The number of thioether (sulfide) groups is 1. The quantitative estimate of drug-likeness (QED) is 0.642. The van der Waals surface area contributed by atoms with Gasteiger partial charge in [0, 0.05) is 12.4 Å². The maximum absolute atomic E-state index is 11.2. The van der Waals surface area contributed by atoms with E-state index in [2.05, 4.69) is 0 Å². The highest BCUT2D eigenvalue weighted by molar-refractivity contribution is 8.00. The molecule has 76 valence electrons. The maximum Gasteiger partial charge on any atom is 0.345 e. The fraction of sp³-hybridized carbons (Fsp3) is 0.875. The highest BCUT2D eigenvalue weighted by Crippen LogP contribution is 2.26. The zero-order chi connectivity index (χ0) is 9.68. The van der Waals surface area contributed by atoms with Gasteiger partial charge >= 0.3 is 5.97 Å². The van der Waals surface area contributed by atoms with E-state index in [-0.39, 0.29) is 12.3 Å². The number of hydrogen-bond acceptors (Lipinski definition) is 5. The standard InChI is InChI=1S/C8H14O4S/c1-3-10-6-5-13-8(12-6)7(9)11-4-2/h6,8H,3-5H2,1-2H3/t6?,8-/m1/s1. The summed E-state index contributed by atoms with van der Waals surface area (Å²) in [5, 5.41) is 0. The molecular formula is C8H14O4S. The van der Waals surface area contributed by atoms with Gasteiger partial charge in [0.15, 0.2) is 6.29 Å². The van der Waals surface area contributed by atoms with Crippen molar-refractivity contribution in [2.45, 2.75) is 25.6 Å². The average molecular weight is 206 g/mol. The Morgan fingerprint density at radius 2 is 2.31 bits per heavy atom. The van der Waals surface area contributed by atoms with Gasteiger partial charge in [-0.05, 0) is 13.8 Å². The zero-order valence-electron chi connectivity index (χ0n) is 7.82. The smallest absolute Gasteiger partial charge is 0.345 e. The monoisotopic (exact) mass is 206 g/mol. The second-order valence-electron chi connectivity index (χ2n) is 2.44. The summed E-state index contributed by atoms with van der Waals surface area (Å²) < 4.78 is 15.3. The summed E-state index contributed by atoms with van der Waals surface area (Å²) in [6, 6.07) is 0. The van der Waals surface area contributed by atoms with Crippen LogP contribution in [0.4, 0.5) is 0 Å². The van der Waals surface area contributed by atoms with Crippen molar-refractivity contribution < 1.29 is 19.0 Å². The molecule has 1 unspecified atom stereocenters. The van der Waals surface area contributed by atoms with Crippen LogP contribution in [0.5, 0.6) is 0 Å². The number of hydrogen-bond donors (Lipinski definition) is 0. The third-order valence-electron chi connectivity index (χ3n) is 1.49. The van der Waals surface area contributed by atoms with Gasteiger partial charge in [-0.1, -0.05) is 0 Å². The molecule has 4 nitrogen and oxygen atoms in total. The fourth-order valence-electron chi connectivity index (χ4n) is 0.990. The molecule has 0 spiro atoms. The van der Waals surface area contributed by atoms with Crippen LogP contribution in [0.1, 0.15) is 13.8 Å². The molecule has 1 fully saturated rings. The lowest BCUT2D eigenvalue weighted by molar-refractivity contribution is -0.167. The SMILES string of the molecule is CCOC(=O)[C@@H]1OC(OCC)CS1.